The monoisotopic (exact) mass is 379 g/mol. The van der Waals surface area contributed by atoms with E-state index in [1.165, 1.54) is 0 Å². The summed E-state index contributed by atoms with van der Waals surface area (Å²) in [7, 11) is 1.57. The number of ether oxygens (including phenoxy) is 2. The van der Waals surface area contributed by atoms with Crippen molar-refractivity contribution >= 4 is 27.5 Å². The third-order valence-electron chi connectivity index (χ3n) is 3.84. The van der Waals surface area contributed by atoms with E-state index in [4.69, 9.17) is 9.47 Å². The van der Waals surface area contributed by atoms with Crippen molar-refractivity contribution < 1.29 is 14.3 Å². The molecule has 1 aromatic carbocycles. The van der Waals surface area contributed by atoms with E-state index in [2.05, 4.69) is 26.3 Å². The van der Waals surface area contributed by atoms with E-state index in [9.17, 15) is 4.79 Å². The van der Waals surface area contributed by atoms with Gasteiger partial charge in [0.1, 0.15) is 5.75 Å². The Labute approximate surface area is 142 Å². The third kappa shape index (κ3) is 3.73. The maximum absolute atomic E-state index is 12.4. The third-order valence-corrected chi connectivity index (χ3v) is 4.53. The molecule has 1 N–H and O–H groups in total. The second-order valence-corrected chi connectivity index (χ2v) is 6.21. The van der Waals surface area contributed by atoms with Crippen LogP contribution in [0, 0.1) is 0 Å². The minimum absolute atomic E-state index is 0.206. The number of benzene rings is 1. The zero-order valence-corrected chi connectivity index (χ0v) is 14.4. The van der Waals surface area contributed by atoms with Gasteiger partial charge < -0.3 is 14.8 Å². The molecule has 0 bridgehead atoms. The maximum Gasteiger partial charge on any atom is 0.257 e. The van der Waals surface area contributed by atoms with Crippen LogP contribution < -0.4 is 10.1 Å². The standard InChI is InChI=1S/C16H18BrN3O3/c1-22-13-2-3-15(17)14(8-13)16(21)19-11-9-18-20(10-11)12-4-6-23-7-5-12/h2-3,8-10,12H,4-7H2,1H3,(H,19,21). The Hall–Kier alpha value is -1.86. The highest BCUT2D eigenvalue weighted by molar-refractivity contribution is 9.10. The number of nitrogens with one attached hydrogen (secondary N) is 1. The van der Waals surface area contributed by atoms with Crippen LogP contribution in [0.25, 0.3) is 0 Å². The first kappa shape index (κ1) is 16.0. The van der Waals surface area contributed by atoms with Gasteiger partial charge in [-0.3, -0.25) is 9.48 Å². The van der Waals surface area contributed by atoms with E-state index in [0.717, 1.165) is 26.1 Å². The van der Waals surface area contributed by atoms with Crippen molar-refractivity contribution in [1.29, 1.82) is 0 Å². The van der Waals surface area contributed by atoms with Gasteiger partial charge in [-0.25, -0.2) is 0 Å². The fraction of sp³-hybridized carbons (Fsp3) is 0.375. The molecule has 6 nitrogen and oxygen atoms in total. The summed E-state index contributed by atoms with van der Waals surface area (Å²) in [6.07, 6.45) is 5.41. The summed E-state index contributed by atoms with van der Waals surface area (Å²) >= 11 is 3.39. The molecule has 0 radical (unpaired) electrons. The van der Waals surface area contributed by atoms with Gasteiger partial charge in [0.15, 0.2) is 0 Å². The molecule has 0 spiro atoms. The molecule has 1 saturated heterocycles. The lowest BCUT2D eigenvalue weighted by Gasteiger charge is -2.22. The summed E-state index contributed by atoms with van der Waals surface area (Å²) in [5.41, 5.74) is 1.19. The van der Waals surface area contributed by atoms with Crippen molar-refractivity contribution in [3.63, 3.8) is 0 Å². The molecule has 0 aliphatic carbocycles. The molecule has 1 aliphatic rings. The van der Waals surface area contributed by atoms with Crippen LogP contribution in [0.4, 0.5) is 5.69 Å². The van der Waals surface area contributed by atoms with Crippen LogP contribution in [-0.4, -0.2) is 36.0 Å². The van der Waals surface area contributed by atoms with Gasteiger partial charge >= 0.3 is 0 Å². The molecule has 2 aromatic rings. The summed E-state index contributed by atoms with van der Waals surface area (Å²) in [5, 5.41) is 7.22. The number of rotatable bonds is 4. The second-order valence-electron chi connectivity index (χ2n) is 5.35. The normalized spacial score (nSPS) is 15.4. The smallest absolute Gasteiger partial charge is 0.257 e. The van der Waals surface area contributed by atoms with E-state index >= 15 is 0 Å². The summed E-state index contributed by atoms with van der Waals surface area (Å²) in [6.45, 7) is 1.51. The molecular weight excluding hydrogens is 362 g/mol. The number of halogens is 1. The van der Waals surface area contributed by atoms with Gasteiger partial charge in [-0.1, -0.05) is 0 Å². The highest BCUT2D eigenvalue weighted by atomic mass is 79.9. The molecule has 23 heavy (non-hydrogen) atoms. The first-order chi connectivity index (χ1) is 11.2. The number of aromatic nitrogens is 2. The van der Waals surface area contributed by atoms with Gasteiger partial charge in [0.2, 0.25) is 0 Å². The van der Waals surface area contributed by atoms with Crippen LogP contribution in [-0.2, 0) is 4.74 Å². The molecule has 7 heteroatoms. The Kier molecular flexibility index (Phi) is 4.97. The van der Waals surface area contributed by atoms with Gasteiger partial charge in [0.05, 0.1) is 30.6 Å². The highest BCUT2D eigenvalue weighted by Crippen LogP contribution is 2.25. The van der Waals surface area contributed by atoms with Gasteiger partial charge in [0.25, 0.3) is 5.91 Å². The van der Waals surface area contributed by atoms with Crippen molar-refractivity contribution in [1.82, 2.24) is 9.78 Å². The lowest BCUT2D eigenvalue weighted by molar-refractivity contribution is 0.0662. The molecule has 0 unspecified atom stereocenters. The van der Waals surface area contributed by atoms with E-state index in [-0.39, 0.29) is 5.91 Å². The van der Waals surface area contributed by atoms with Crippen LogP contribution in [0.1, 0.15) is 29.2 Å². The number of carbonyl (C=O) groups excluding carboxylic acids is 1. The Morgan fingerprint density at radius 3 is 2.96 bits per heavy atom. The zero-order valence-electron chi connectivity index (χ0n) is 12.8. The average Bonchev–Trinajstić information content (AvgIpc) is 3.04. The van der Waals surface area contributed by atoms with Gasteiger partial charge in [-0.15, -0.1) is 0 Å². The van der Waals surface area contributed by atoms with Gasteiger partial charge in [-0.05, 0) is 47.0 Å². The molecule has 0 atom stereocenters. The highest BCUT2D eigenvalue weighted by Gasteiger charge is 2.18. The molecule has 122 valence electrons. The quantitative estimate of drug-likeness (QED) is 0.885. The van der Waals surface area contributed by atoms with Crippen molar-refractivity contribution in [2.45, 2.75) is 18.9 Å². The lowest BCUT2D eigenvalue weighted by Crippen LogP contribution is -2.19. The fourth-order valence-electron chi connectivity index (χ4n) is 2.56. The minimum Gasteiger partial charge on any atom is -0.497 e. The molecule has 1 fully saturated rings. The molecule has 1 aliphatic heterocycles. The molecule has 2 heterocycles. The molecule has 3 rings (SSSR count). The summed E-state index contributed by atoms with van der Waals surface area (Å²) in [6, 6.07) is 5.61. The predicted octanol–water partition coefficient (Wildman–Crippen LogP) is 3.26. The van der Waals surface area contributed by atoms with Crippen LogP contribution in [0.3, 0.4) is 0 Å². The zero-order chi connectivity index (χ0) is 16.2. The SMILES string of the molecule is COc1ccc(Br)c(C(=O)Nc2cnn(C3CCOCC3)c2)c1. The number of hydrogen-bond acceptors (Lipinski definition) is 4. The molecular formula is C16H18BrN3O3. The van der Waals surface area contributed by atoms with Crippen LogP contribution >= 0.6 is 15.9 Å². The second kappa shape index (κ2) is 7.14. The lowest BCUT2D eigenvalue weighted by atomic mass is 10.1. The molecule has 1 amide bonds. The summed E-state index contributed by atoms with van der Waals surface area (Å²) in [5.74, 6) is 0.429. The van der Waals surface area contributed by atoms with E-state index in [1.807, 2.05) is 10.9 Å². The Bertz CT molecular complexity index is 696. The fourth-order valence-corrected chi connectivity index (χ4v) is 2.98. The van der Waals surface area contributed by atoms with Crippen molar-refractivity contribution in [3.8, 4) is 5.75 Å². The maximum atomic E-state index is 12.4. The summed E-state index contributed by atoms with van der Waals surface area (Å²) in [4.78, 5) is 12.4. The molecule has 0 saturated carbocycles. The average molecular weight is 380 g/mol. The number of nitrogens with zero attached hydrogens (tertiary/aromatic N) is 2. The van der Waals surface area contributed by atoms with Crippen LogP contribution in [0.2, 0.25) is 0 Å². The topological polar surface area (TPSA) is 65.4 Å². The number of amides is 1. The predicted molar refractivity (Wildman–Crippen MR) is 90.0 cm³/mol. The van der Waals surface area contributed by atoms with Crippen LogP contribution in [0.15, 0.2) is 35.1 Å². The van der Waals surface area contributed by atoms with Crippen LogP contribution in [0.5, 0.6) is 5.75 Å². The van der Waals surface area contributed by atoms with Crippen molar-refractivity contribution in [3.05, 3.63) is 40.6 Å². The summed E-state index contributed by atoms with van der Waals surface area (Å²) < 4.78 is 13.1. The van der Waals surface area contributed by atoms with Crippen molar-refractivity contribution in [2.75, 3.05) is 25.6 Å². The van der Waals surface area contributed by atoms with E-state index in [0.29, 0.717) is 27.5 Å². The van der Waals surface area contributed by atoms with E-state index < -0.39 is 0 Å². The Morgan fingerprint density at radius 1 is 1.43 bits per heavy atom. The van der Waals surface area contributed by atoms with Gasteiger partial charge in [-0.2, -0.15) is 5.10 Å². The van der Waals surface area contributed by atoms with E-state index in [1.54, 1.807) is 31.5 Å². The van der Waals surface area contributed by atoms with Crippen molar-refractivity contribution in [2.24, 2.45) is 0 Å². The first-order valence-corrected chi connectivity index (χ1v) is 8.23. The minimum atomic E-state index is -0.206. The number of carbonyl (C=O) groups is 1. The number of hydrogen-bond donors (Lipinski definition) is 1. The first-order valence-electron chi connectivity index (χ1n) is 7.44. The Morgan fingerprint density at radius 2 is 2.22 bits per heavy atom. The molecule has 1 aromatic heterocycles. The number of anilines is 1. The van der Waals surface area contributed by atoms with Gasteiger partial charge in [0, 0.05) is 23.9 Å². The largest absolute Gasteiger partial charge is 0.497 e. The Balaban J connectivity index is 1.72. The number of methoxy groups -OCH3 is 1.